The molecular formula is C15H21N3S. The van der Waals surface area contributed by atoms with Crippen molar-refractivity contribution in [3.05, 3.63) is 44.9 Å². The highest BCUT2D eigenvalue weighted by Crippen LogP contribution is 2.29. The van der Waals surface area contributed by atoms with Gasteiger partial charge in [-0.3, -0.25) is 0 Å². The van der Waals surface area contributed by atoms with Crippen LogP contribution in [0.4, 0.5) is 0 Å². The topological polar surface area (TPSA) is 37.8 Å². The van der Waals surface area contributed by atoms with Crippen LogP contribution in [0.2, 0.25) is 0 Å². The first-order valence-electron chi connectivity index (χ1n) is 6.71. The molecule has 0 aromatic carbocycles. The summed E-state index contributed by atoms with van der Waals surface area (Å²) in [6, 6.07) is 4.58. The Balaban J connectivity index is 2.42. The van der Waals surface area contributed by atoms with Crippen LogP contribution in [0.15, 0.2) is 17.5 Å². The Morgan fingerprint density at radius 3 is 2.63 bits per heavy atom. The van der Waals surface area contributed by atoms with Crippen molar-refractivity contribution < 1.29 is 0 Å². The molecule has 0 aliphatic carbocycles. The number of hydrogen-bond donors (Lipinski definition) is 1. The van der Waals surface area contributed by atoms with Crippen LogP contribution >= 0.6 is 11.3 Å². The summed E-state index contributed by atoms with van der Waals surface area (Å²) in [6.45, 7) is 9.39. The lowest BCUT2D eigenvalue weighted by Gasteiger charge is -2.20. The number of aryl methyl sites for hydroxylation is 3. The minimum Gasteiger partial charge on any atom is -0.306 e. The summed E-state index contributed by atoms with van der Waals surface area (Å²) in [4.78, 5) is 1.36. The zero-order chi connectivity index (χ0) is 13.8. The average molecular weight is 275 g/mol. The maximum absolute atomic E-state index is 4.26. The molecular weight excluding hydrogens is 254 g/mol. The second-order valence-electron chi connectivity index (χ2n) is 4.85. The Labute approximate surface area is 119 Å². The average Bonchev–Trinajstić information content (AvgIpc) is 2.80. The molecule has 0 spiro atoms. The Morgan fingerprint density at radius 2 is 2.00 bits per heavy atom. The van der Waals surface area contributed by atoms with Crippen molar-refractivity contribution in [2.75, 3.05) is 6.54 Å². The van der Waals surface area contributed by atoms with Gasteiger partial charge in [-0.1, -0.05) is 6.92 Å². The Morgan fingerprint density at radius 1 is 1.21 bits per heavy atom. The maximum atomic E-state index is 4.26. The minimum absolute atomic E-state index is 0.223. The fraction of sp³-hybridized carbons (Fsp3) is 0.467. The molecule has 1 atom stereocenters. The predicted octanol–water partition coefficient (Wildman–Crippen LogP) is 3.55. The van der Waals surface area contributed by atoms with Crippen LogP contribution in [-0.2, 0) is 0 Å². The maximum Gasteiger partial charge on any atom is 0.0651 e. The summed E-state index contributed by atoms with van der Waals surface area (Å²) in [7, 11) is 0. The van der Waals surface area contributed by atoms with E-state index in [0.717, 1.165) is 24.4 Å². The summed E-state index contributed by atoms with van der Waals surface area (Å²) in [6.07, 6.45) is 1.12. The van der Waals surface area contributed by atoms with Gasteiger partial charge in [0.2, 0.25) is 0 Å². The van der Waals surface area contributed by atoms with E-state index in [9.17, 15) is 0 Å². The molecule has 0 fully saturated rings. The molecule has 0 amide bonds. The zero-order valence-corrected chi connectivity index (χ0v) is 12.8. The lowest BCUT2D eigenvalue weighted by molar-refractivity contribution is 0.590. The van der Waals surface area contributed by atoms with Gasteiger partial charge in [0.15, 0.2) is 0 Å². The predicted molar refractivity (Wildman–Crippen MR) is 80.7 cm³/mol. The summed E-state index contributed by atoms with van der Waals surface area (Å²) >= 11 is 1.79. The van der Waals surface area contributed by atoms with E-state index in [1.807, 2.05) is 13.8 Å². The molecule has 0 radical (unpaired) electrons. The molecule has 4 heteroatoms. The lowest BCUT2D eigenvalue weighted by atomic mass is 9.98. The molecule has 0 aliphatic rings. The largest absolute Gasteiger partial charge is 0.306 e. The van der Waals surface area contributed by atoms with Crippen molar-refractivity contribution in [2.45, 2.75) is 40.2 Å². The van der Waals surface area contributed by atoms with Crippen molar-refractivity contribution in [2.24, 2.45) is 0 Å². The van der Waals surface area contributed by atoms with Crippen LogP contribution in [0.1, 0.15) is 46.8 Å². The molecule has 0 saturated heterocycles. The Hall–Kier alpha value is -1.26. The van der Waals surface area contributed by atoms with Crippen LogP contribution in [0.25, 0.3) is 0 Å². The van der Waals surface area contributed by atoms with Crippen molar-refractivity contribution in [1.82, 2.24) is 15.5 Å². The van der Waals surface area contributed by atoms with E-state index < -0.39 is 0 Å². The van der Waals surface area contributed by atoms with Gasteiger partial charge in [0.1, 0.15) is 0 Å². The molecule has 2 rings (SSSR count). The van der Waals surface area contributed by atoms with E-state index in [0.29, 0.717) is 0 Å². The molecule has 1 unspecified atom stereocenters. The first kappa shape index (κ1) is 14.2. The second kappa shape index (κ2) is 6.26. The normalized spacial score (nSPS) is 12.6. The van der Waals surface area contributed by atoms with Crippen molar-refractivity contribution in [3.8, 4) is 0 Å². The number of thiophene rings is 1. The third kappa shape index (κ3) is 3.19. The van der Waals surface area contributed by atoms with Gasteiger partial charge in [-0.15, -0.1) is 11.3 Å². The van der Waals surface area contributed by atoms with Gasteiger partial charge in [0, 0.05) is 4.88 Å². The SMILES string of the molecule is CCCNC(c1cc(C)nnc1C)c1ccsc1C. The molecule has 0 bridgehead atoms. The minimum atomic E-state index is 0.223. The summed E-state index contributed by atoms with van der Waals surface area (Å²) in [5, 5.41) is 14.2. The third-order valence-electron chi connectivity index (χ3n) is 3.26. The molecule has 102 valence electrons. The molecule has 2 heterocycles. The van der Waals surface area contributed by atoms with Gasteiger partial charge < -0.3 is 5.32 Å². The quantitative estimate of drug-likeness (QED) is 0.906. The van der Waals surface area contributed by atoms with Crippen LogP contribution in [0, 0.1) is 20.8 Å². The summed E-state index contributed by atoms with van der Waals surface area (Å²) in [5.41, 5.74) is 4.57. The summed E-state index contributed by atoms with van der Waals surface area (Å²) in [5.74, 6) is 0. The Bertz CT molecular complexity index is 548. The van der Waals surface area contributed by atoms with Gasteiger partial charge in [-0.05, 0) is 62.4 Å². The van der Waals surface area contributed by atoms with Gasteiger partial charge in [0.25, 0.3) is 0 Å². The number of nitrogens with zero attached hydrogens (tertiary/aromatic N) is 2. The van der Waals surface area contributed by atoms with Gasteiger partial charge in [-0.2, -0.15) is 10.2 Å². The summed E-state index contributed by atoms with van der Waals surface area (Å²) < 4.78 is 0. The highest BCUT2D eigenvalue weighted by atomic mass is 32.1. The first-order valence-corrected chi connectivity index (χ1v) is 7.59. The van der Waals surface area contributed by atoms with E-state index in [4.69, 9.17) is 0 Å². The molecule has 0 saturated carbocycles. The Kier molecular flexibility index (Phi) is 4.66. The van der Waals surface area contributed by atoms with Gasteiger partial charge in [-0.25, -0.2) is 0 Å². The van der Waals surface area contributed by atoms with E-state index in [1.54, 1.807) is 11.3 Å². The van der Waals surface area contributed by atoms with Crippen molar-refractivity contribution in [3.63, 3.8) is 0 Å². The fourth-order valence-corrected chi connectivity index (χ4v) is 2.97. The molecule has 1 N–H and O–H groups in total. The fourth-order valence-electron chi connectivity index (χ4n) is 2.23. The third-order valence-corrected chi connectivity index (χ3v) is 4.12. The number of hydrogen-bond acceptors (Lipinski definition) is 4. The van der Waals surface area contributed by atoms with Crippen molar-refractivity contribution >= 4 is 11.3 Å². The second-order valence-corrected chi connectivity index (χ2v) is 5.97. The van der Waals surface area contributed by atoms with E-state index >= 15 is 0 Å². The van der Waals surface area contributed by atoms with Crippen LogP contribution < -0.4 is 5.32 Å². The molecule has 0 aliphatic heterocycles. The standard InChI is InChI=1S/C15H21N3S/c1-5-7-16-15(13-6-8-19-12(13)4)14-9-10(2)17-18-11(14)3/h6,8-9,15-16H,5,7H2,1-4H3. The van der Waals surface area contributed by atoms with E-state index in [2.05, 4.69) is 46.9 Å². The van der Waals surface area contributed by atoms with Crippen LogP contribution in [-0.4, -0.2) is 16.7 Å². The number of rotatable bonds is 5. The molecule has 2 aromatic rings. The van der Waals surface area contributed by atoms with Crippen LogP contribution in [0.3, 0.4) is 0 Å². The van der Waals surface area contributed by atoms with Crippen molar-refractivity contribution in [1.29, 1.82) is 0 Å². The van der Waals surface area contributed by atoms with E-state index in [-0.39, 0.29) is 6.04 Å². The number of nitrogens with one attached hydrogen (secondary N) is 1. The molecule has 19 heavy (non-hydrogen) atoms. The first-order chi connectivity index (χ1) is 9.13. The highest BCUT2D eigenvalue weighted by molar-refractivity contribution is 7.10. The smallest absolute Gasteiger partial charge is 0.0651 e. The lowest BCUT2D eigenvalue weighted by Crippen LogP contribution is -2.24. The number of aromatic nitrogens is 2. The highest BCUT2D eigenvalue weighted by Gasteiger charge is 2.19. The van der Waals surface area contributed by atoms with Gasteiger partial charge in [0.05, 0.1) is 17.4 Å². The van der Waals surface area contributed by atoms with Gasteiger partial charge >= 0.3 is 0 Å². The van der Waals surface area contributed by atoms with E-state index in [1.165, 1.54) is 16.0 Å². The monoisotopic (exact) mass is 275 g/mol. The molecule has 3 nitrogen and oxygen atoms in total. The zero-order valence-electron chi connectivity index (χ0n) is 12.0. The molecule has 2 aromatic heterocycles. The van der Waals surface area contributed by atoms with Crippen LogP contribution in [0.5, 0.6) is 0 Å².